The zero-order valence-electron chi connectivity index (χ0n) is 18.8. The summed E-state index contributed by atoms with van der Waals surface area (Å²) in [5.41, 5.74) is 2.43. The summed E-state index contributed by atoms with van der Waals surface area (Å²) in [6.07, 6.45) is 2.99. The fourth-order valence-corrected chi connectivity index (χ4v) is 5.41. The van der Waals surface area contributed by atoms with Gasteiger partial charge in [0.15, 0.2) is 0 Å². The predicted molar refractivity (Wildman–Crippen MR) is 125 cm³/mol. The highest BCUT2D eigenvalue weighted by molar-refractivity contribution is 7.89. The summed E-state index contributed by atoms with van der Waals surface area (Å²) < 4.78 is 34.4. The van der Waals surface area contributed by atoms with Gasteiger partial charge in [-0.05, 0) is 43.5 Å². The van der Waals surface area contributed by atoms with Crippen LogP contribution in [0.3, 0.4) is 0 Å². The number of anilines is 1. The maximum Gasteiger partial charge on any atom is 0.248 e. The molecule has 3 rings (SSSR count). The first-order valence-electron chi connectivity index (χ1n) is 10.5. The van der Waals surface area contributed by atoms with E-state index < -0.39 is 15.9 Å². The van der Waals surface area contributed by atoms with Crippen LogP contribution in [0.1, 0.15) is 30.7 Å². The van der Waals surface area contributed by atoms with Crippen LogP contribution in [0, 0.1) is 19.8 Å². The second kappa shape index (κ2) is 10.2. The van der Waals surface area contributed by atoms with Crippen molar-refractivity contribution >= 4 is 39.3 Å². The molecule has 2 aromatic rings. The molecule has 0 spiro atoms. The summed E-state index contributed by atoms with van der Waals surface area (Å²) in [6.45, 7) is 9.77. The Morgan fingerprint density at radius 1 is 1.28 bits per heavy atom. The van der Waals surface area contributed by atoms with Crippen LogP contribution < -0.4 is 5.32 Å². The minimum atomic E-state index is -3.67. The minimum Gasteiger partial charge on any atom is -0.379 e. The number of ether oxygens (including phenoxy) is 1. The molecule has 1 saturated heterocycles. The molecule has 8 nitrogen and oxygen atoms in total. The summed E-state index contributed by atoms with van der Waals surface area (Å²) in [6, 6.07) is 4.85. The number of carbonyl (C=O) groups excluding carboxylic acids is 1. The number of benzene rings is 1. The Balaban J connectivity index is 1.76. The van der Waals surface area contributed by atoms with E-state index in [4.69, 9.17) is 16.3 Å². The van der Waals surface area contributed by atoms with E-state index in [-0.39, 0.29) is 4.90 Å². The molecular weight excluding hydrogens is 452 g/mol. The van der Waals surface area contributed by atoms with Crippen molar-refractivity contribution in [3.63, 3.8) is 0 Å². The molecule has 0 atom stereocenters. The Morgan fingerprint density at radius 2 is 1.97 bits per heavy atom. The molecule has 1 aromatic heterocycles. The molecule has 0 bridgehead atoms. The first-order chi connectivity index (χ1) is 15.1. The summed E-state index contributed by atoms with van der Waals surface area (Å²) in [7, 11) is -3.67. The SMILES string of the molecule is Cc1ccc(NC(=O)/C=C/c2c(C)nn(CC(C)C)c2Cl)cc1S(=O)(=O)N1CCOCC1. The lowest BCUT2D eigenvalue weighted by Crippen LogP contribution is -2.40. The second-order valence-electron chi connectivity index (χ2n) is 8.19. The van der Waals surface area contributed by atoms with E-state index in [0.717, 1.165) is 5.69 Å². The Labute approximate surface area is 194 Å². The van der Waals surface area contributed by atoms with Crippen molar-refractivity contribution in [2.45, 2.75) is 39.1 Å². The Kier molecular flexibility index (Phi) is 7.76. The van der Waals surface area contributed by atoms with Gasteiger partial charge in [0.05, 0.1) is 23.8 Å². The first-order valence-corrected chi connectivity index (χ1v) is 12.3. The van der Waals surface area contributed by atoms with Crippen molar-refractivity contribution in [2.75, 3.05) is 31.6 Å². The first kappa shape index (κ1) is 24.4. The lowest BCUT2D eigenvalue weighted by Gasteiger charge is -2.26. The van der Waals surface area contributed by atoms with Gasteiger partial charge in [-0.1, -0.05) is 31.5 Å². The molecule has 2 heterocycles. The van der Waals surface area contributed by atoms with Crippen molar-refractivity contribution in [2.24, 2.45) is 5.92 Å². The highest BCUT2D eigenvalue weighted by Gasteiger charge is 2.28. The van der Waals surface area contributed by atoms with E-state index >= 15 is 0 Å². The molecule has 1 fully saturated rings. The van der Waals surface area contributed by atoms with Crippen LogP contribution in [0.25, 0.3) is 6.08 Å². The van der Waals surface area contributed by atoms with E-state index in [1.807, 2.05) is 6.92 Å². The van der Waals surface area contributed by atoms with Gasteiger partial charge in [-0.15, -0.1) is 0 Å². The lowest BCUT2D eigenvalue weighted by atomic mass is 10.2. The predicted octanol–water partition coefficient (Wildman–Crippen LogP) is 3.48. The number of carbonyl (C=O) groups is 1. The number of morpholine rings is 1. The van der Waals surface area contributed by atoms with Gasteiger partial charge in [0.1, 0.15) is 5.15 Å². The Morgan fingerprint density at radius 3 is 2.62 bits per heavy atom. The van der Waals surface area contributed by atoms with E-state index in [0.29, 0.717) is 60.7 Å². The Bertz CT molecular complexity index is 1120. The van der Waals surface area contributed by atoms with Crippen LogP contribution in [0.15, 0.2) is 29.2 Å². The third-order valence-electron chi connectivity index (χ3n) is 5.09. The van der Waals surface area contributed by atoms with Gasteiger partial charge in [0.25, 0.3) is 0 Å². The average Bonchev–Trinajstić information content (AvgIpc) is 3.00. The van der Waals surface area contributed by atoms with Crippen molar-refractivity contribution in [1.29, 1.82) is 0 Å². The third-order valence-corrected chi connectivity index (χ3v) is 7.53. The zero-order valence-corrected chi connectivity index (χ0v) is 20.3. The fraction of sp³-hybridized carbons (Fsp3) is 0.455. The summed E-state index contributed by atoms with van der Waals surface area (Å²) in [4.78, 5) is 12.7. The lowest BCUT2D eigenvalue weighted by molar-refractivity contribution is -0.111. The average molecular weight is 481 g/mol. The number of rotatable bonds is 7. The topological polar surface area (TPSA) is 93.5 Å². The molecule has 0 saturated carbocycles. The molecule has 1 amide bonds. The van der Waals surface area contributed by atoms with Gasteiger partial charge < -0.3 is 10.1 Å². The monoisotopic (exact) mass is 480 g/mol. The summed E-state index contributed by atoms with van der Waals surface area (Å²) >= 11 is 6.42. The van der Waals surface area contributed by atoms with E-state index in [9.17, 15) is 13.2 Å². The molecule has 0 unspecified atom stereocenters. The van der Waals surface area contributed by atoms with Crippen LogP contribution in [0.2, 0.25) is 5.15 Å². The van der Waals surface area contributed by atoms with Crippen LogP contribution in [0.5, 0.6) is 0 Å². The number of aryl methyl sites for hydroxylation is 2. The zero-order chi connectivity index (χ0) is 23.5. The number of amides is 1. The minimum absolute atomic E-state index is 0.176. The molecule has 32 heavy (non-hydrogen) atoms. The van der Waals surface area contributed by atoms with Gasteiger partial charge in [-0.2, -0.15) is 9.40 Å². The largest absolute Gasteiger partial charge is 0.379 e. The second-order valence-corrected chi connectivity index (χ2v) is 10.4. The third kappa shape index (κ3) is 5.58. The number of nitrogens with one attached hydrogen (secondary N) is 1. The quantitative estimate of drug-likeness (QED) is 0.612. The van der Waals surface area contributed by atoms with E-state index in [2.05, 4.69) is 24.3 Å². The van der Waals surface area contributed by atoms with Crippen molar-refractivity contribution in [3.8, 4) is 0 Å². The maximum absolute atomic E-state index is 13.0. The molecule has 1 N–H and O–H groups in total. The summed E-state index contributed by atoms with van der Waals surface area (Å²) in [5.74, 6) is -0.00736. The van der Waals surface area contributed by atoms with Crippen LogP contribution >= 0.6 is 11.6 Å². The van der Waals surface area contributed by atoms with Gasteiger partial charge in [0.2, 0.25) is 15.9 Å². The number of hydrogen-bond donors (Lipinski definition) is 1. The van der Waals surface area contributed by atoms with Gasteiger partial charge in [0, 0.05) is 37.0 Å². The maximum atomic E-state index is 13.0. The molecule has 1 aliphatic heterocycles. The van der Waals surface area contributed by atoms with E-state index in [1.54, 1.807) is 29.8 Å². The number of halogens is 1. The smallest absolute Gasteiger partial charge is 0.248 e. The van der Waals surface area contributed by atoms with E-state index in [1.165, 1.54) is 16.4 Å². The van der Waals surface area contributed by atoms with Gasteiger partial charge >= 0.3 is 0 Å². The van der Waals surface area contributed by atoms with Crippen LogP contribution in [-0.4, -0.2) is 54.7 Å². The molecule has 0 radical (unpaired) electrons. The van der Waals surface area contributed by atoms with Crippen molar-refractivity contribution in [3.05, 3.63) is 46.2 Å². The molecule has 0 aliphatic carbocycles. The van der Waals surface area contributed by atoms with Crippen LogP contribution in [0.4, 0.5) is 5.69 Å². The molecule has 10 heteroatoms. The number of nitrogens with zero attached hydrogens (tertiary/aromatic N) is 3. The number of sulfonamides is 1. The molecule has 174 valence electrons. The molecular formula is C22H29ClN4O4S. The Hall–Kier alpha value is -2.20. The van der Waals surface area contributed by atoms with Gasteiger partial charge in [-0.25, -0.2) is 8.42 Å². The number of hydrogen-bond acceptors (Lipinski definition) is 5. The normalized spacial score (nSPS) is 15.6. The summed E-state index contributed by atoms with van der Waals surface area (Å²) in [5, 5.41) is 7.64. The highest BCUT2D eigenvalue weighted by Crippen LogP contribution is 2.25. The fourth-order valence-electron chi connectivity index (χ4n) is 3.45. The highest BCUT2D eigenvalue weighted by atomic mass is 35.5. The standard InChI is InChI=1S/C22H29ClN4O4S/c1-15(2)14-27-22(23)19(17(4)25-27)7-8-21(28)24-18-6-5-16(3)20(13-18)32(29,30)26-9-11-31-12-10-26/h5-8,13,15H,9-12,14H2,1-4H3,(H,24,28)/b8-7+. The molecule has 1 aliphatic rings. The van der Waals surface area contributed by atoms with Gasteiger partial charge in [-0.3, -0.25) is 9.48 Å². The number of aromatic nitrogens is 2. The van der Waals surface area contributed by atoms with Crippen LogP contribution in [-0.2, 0) is 26.1 Å². The molecule has 1 aromatic carbocycles. The van der Waals surface area contributed by atoms with Crippen molar-refractivity contribution < 1.29 is 17.9 Å². The van der Waals surface area contributed by atoms with Crippen molar-refractivity contribution in [1.82, 2.24) is 14.1 Å².